The Kier molecular flexibility index (Phi) is 1.52. The molecule has 0 bridgehead atoms. The normalized spacial score (nSPS) is 41.6. The fraction of sp³-hybridized carbons (Fsp3) is 0.571. The molecule has 4 heteroatoms. The van der Waals surface area contributed by atoms with E-state index in [1.807, 2.05) is 0 Å². The van der Waals surface area contributed by atoms with E-state index in [-0.39, 0.29) is 6.42 Å². The van der Waals surface area contributed by atoms with Gasteiger partial charge in [0.25, 0.3) is 0 Å². The highest BCUT2D eigenvalue weighted by atomic mass is 19.1. The zero-order valence-corrected chi connectivity index (χ0v) is 6.22. The molecule has 0 aromatic heterocycles. The van der Waals surface area contributed by atoms with Crippen molar-refractivity contribution in [1.29, 1.82) is 0 Å². The average Bonchev–Trinajstić information content (AvgIpc) is 2.59. The van der Waals surface area contributed by atoms with E-state index in [0.717, 1.165) is 6.08 Å². The smallest absolute Gasteiger partial charge is 0.327 e. The molecular weight excluding hydrogens is 149 g/mol. The van der Waals surface area contributed by atoms with Gasteiger partial charge in [0.05, 0.1) is 0 Å². The largest absolute Gasteiger partial charge is 0.480 e. The number of hydrogen-bond donors (Lipinski definition) is 2. The van der Waals surface area contributed by atoms with Crippen LogP contribution in [0.15, 0.2) is 12.7 Å². The summed E-state index contributed by atoms with van der Waals surface area (Å²) in [4.78, 5) is 10.5. The molecule has 0 radical (unpaired) electrons. The predicted molar refractivity (Wildman–Crippen MR) is 38.1 cm³/mol. The SMILES string of the molecule is C=CC1(F)CC1(NC)C(=O)O. The van der Waals surface area contributed by atoms with Crippen molar-refractivity contribution in [2.24, 2.45) is 0 Å². The van der Waals surface area contributed by atoms with Gasteiger partial charge in [-0.3, -0.25) is 4.79 Å². The molecule has 0 spiro atoms. The van der Waals surface area contributed by atoms with Crippen molar-refractivity contribution in [3.05, 3.63) is 12.7 Å². The van der Waals surface area contributed by atoms with Gasteiger partial charge in [0.15, 0.2) is 11.2 Å². The highest BCUT2D eigenvalue weighted by molar-refractivity contribution is 5.86. The summed E-state index contributed by atoms with van der Waals surface area (Å²) in [6.45, 7) is 3.24. The topological polar surface area (TPSA) is 49.3 Å². The molecule has 0 aromatic carbocycles. The van der Waals surface area contributed by atoms with E-state index in [1.54, 1.807) is 0 Å². The number of nitrogens with one attached hydrogen (secondary N) is 1. The Morgan fingerprint density at radius 1 is 1.91 bits per heavy atom. The van der Waals surface area contributed by atoms with Crippen LogP contribution in [0.3, 0.4) is 0 Å². The molecular formula is C7H10FNO2. The molecule has 0 amide bonds. The lowest BCUT2D eigenvalue weighted by atomic mass is 10.2. The Balaban J connectivity index is 2.86. The number of likely N-dealkylation sites (N-methyl/N-ethyl adjacent to an activating group) is 1. The van der Waals surface area contributed by atoms with Crippen molar-refractivity contribution >= 4 is 5.97 Å². The van der Waals surface area contributed by atoms with Gasteiger partial charge in [0.1, 0.15) is 0 Å². The second-order valence-electron chi connectivity index (χ2n) is 2.70. The lowest BCUT2D eigenvalue weighted by Gasteiger charge is -2.11. The number of carboxylic acid groups (broad SMARTS) is 1. The number of rotatable bonds is 3. The predicted octanol–water partition coefficient (Wildman–Crippen LogP) is 0.327. The van der Waals surface area contributed by atoms with Crippen molar-refractivity contribution in [3.8, 4) is 0 Å². The number of alkyl halides is 1. The number of carboxylic acids is 1. The van der Waals surface area contributed by atoms with Crippen LogP contribution in [-0.2, 0) is 4.79 Å². The fourth-order valence-electron chi connectivity index (χ4n) is 1.24. The molecule has 1 fully saturated rings. The third-order valence-corrected chi connectivity index (χ3v) is 2.22. The summed E-state index contributed by atoms with van der Waals surface area (Å²) < 4.78 is 13.2. The van der Waals surface area contributed by atoms with E-state index in [1.165, 1.54) is 7.05 Å². The summed E-state index contributed by atoms with van der Waals surface area (Å²) >= 11 is 0. The van der Waals surface area contributed by atoms with Crippen molar-refractivity contribution in [2.45, 2.75) is 17.6 Å². The first-order chi connectivity index (χ1) is 5.02. The minimum atomic E-state index is -1.77. The number of halogens is 1. The number of hydrogen-bond acceptors (Lipinski definition) is 2. The molecule has 0 heterocycles. The van der Waals surface area contributed by atoms with Crippen LogP contribution in [0.2, 0.25) is 0 Å². The van der Waals surface area contributed by atoms with Crippen molar-refractivity contribution in [1.82, 2.24) is 5.32 Å². The lowest BCUT2D eigenvalue weighted by Crippen LogP contribution is -2.42. The molecule has 2 atom stereocenters. The zero-order chi connectivity index (χ0) is 8.70. The van der Waals surface area contributed by atoms with E-state index >= 15 is 0 Å². The van der Waals surface area contributed by atoms with E-state index in [2.05, 4.69) is 11.9 Å². The number of carbonyl (C=O) groups is 1. The first-order valence-corrected chi connectivity index (χ1v) is 3.27. The summed E-state index contributed by atoms with van der Waals surface area (Å²) in [6.07, 6.45) is 1.01. The quantitative estimate of drug-likeness (QED) is 0.583. The van der Waals surface area contributed by atoms with Crippen molar-refractivity contribution in [2.75, 3.05) is 7.05 Å². The lowest BCUT2D eigenvalue weighted by molar-refractivity contribution is -0.141. The minimum Gasteiger partial charge on any atom is -0.480 e. The van der Waals surface area contributed by atoms with Crippen LogP contribution in [0.4, 0.5) is 4.39 Å². The van der Waals surface area contributed by atoms with Gasteiger partial charge in [-0.2, -0.15) is 0 Å². The van der Waals surface area contributed by atoms with Crippen molar-refractivity contribution in [3.63, 3.8) is 0 Å². The molecule has 2 N–H and O–H groups in total. The molecule has 1 aliphatic rings. The van der Waals surface area contributed by atoms with E-state index < -0.39 is 17.2 Å². The highest BCUT2D eigenvalue weighted by Crippen LogP contribution is 2.52. The van der Waals surface area contributed by atoms with Gasteiger partial charge in [-0.1, -0.05) is 12.7 Å². The monoisotopic (exact) mass is 159 g/mol. The van der Waals surface area contributed by atoms with Crippen LogP contribution in [0, 0.1) is 0 Å². The molecule has 0 saturated heterocycles. The molecule has 2 unspecified atom stereocenters. The van der Waals surface area contributed by atoms with Gasteiger partial charge in [-0.15, -0.1) is 0 Å². The Hall–Kier alpha value is -0.900. The van der Waals surface area contributed by atoms with E-state index in [4.69, 9.17) is 5.11 Å². The van der Waals surface area contributed by atoms with Crippen LogP contribution in [0.5, 0.6) is 0 Å². The first kappa shape index (κ1) is 8.20. The van der Waals surface area contributed by atoms with Crippen LogP contribution in [-0.4, -0.2) is 29.3 Å². The molecule has 1 aliphatic carbocycles. The second-order valence-corrected chi connectivity index (χ2v) is 2.70. The highest BCUT2D eigenvalue weighted by Gasteiger charge is 2.72. The van der Waals surface area contributed by atoms with Gasteiger partial charge in [-0.05, 0) is 7.05 Å². The average molecular weight is 159 g/mol. The molecule has 62 valence electrons. The summed E-state index contributed by atoms with van der Waals surface area (Å²) in [7, 11) is 1.43. The van der Waals surface area contributed by atoms with Crippen LogP contribution in [0.1, 0.15) is 6.42 Å². The minimum absolute atomic E-state index is 0.0324. The molecule has 11 heavy (non-hydrogen) atoms. The molecule has 1 saturated carbocycles. The van der Waals surface area contributed by atoms with Gasteiger partial charge < -0.3 is 10.4 Å². The van der Waals surface area contributed by atoms with Crippen LogP contribution >= 0.6 is 0 Å². The summed E-state index contributed by atoms with van der Waals surface area (Å²) in [6, 6.07) is 0. The maximum absolute atomic E-state index is 13.2. The van der Waals surface area contributed by atoms with E-state index in [9.17, 15) is 9.18 Å². The fourth-order valence-corrected chi connectivity index (χ4v) is 1.24. The third kappa shape index (κ3) is 0.790. The van der Waals surface area contributed by atoms with Gasteiger partial charge in [-0.25, -0.2) is 4.39 Å². The zero-order valence-electron chi connectivity index (χ0n) is 6.22. The molecule has 1 rings (SSSR count). The molecule has 0 aromatic rings. The van der Waals surface area contributed by atoms with E-state index in [0.29, 0.717) is 0 Å². The van der Waals surface area contributed by atoms with Crippen molar-refractivity contribution < 1.29 is 14.3 Å². The van der Waals surface area contributed by atoms with Crippen LogP contribution < -0.4 is 5.32 Å². The Morgan fingerprint density at radius 2 is 2.45 bits per heavy atom. The first-order valence-electron chi connectivity index (χ1n) is 3.27. The Morgan fingerprint density at radius 3 is 2.55 bits per heavy atom. The summed E-state index contributed by atoms with van der Waals surface area (Å²) in [5, 5.41) is 11.1. The summed E-state index contributed by atoms with van der Waals surface area (Å²) in [5.74, 6) is -1.16. The maximum Gasteiger partial charge on any atom is 0.327 e. The molecule has 3 nitrogen and oxygen atoms in total. The molecule has 0 aliphatic heterocycles. The van der Waals surface area contributed by atoms with Gasteiger partial charge in [0, 0.05) is 6.42 Å². The Labute approximate surface area is 63.9 Å². The van der Waals surface area contributed by atoms with Gasteiger partial charge >= 0.3 is 5.97 Å². The second kappa shape index (κ2) is 2.04. The third-order valence-electron chi connectivity index (χ3n) is 2.22. The van der Waals surface area contributed by atoms with Gasteiger partial charge in [0.2, 0.25) is 0 Å². The Bertz CT molecular complexity index is 218. The standard InChI is InChI=1S/C7H10FNO2/c1-3-6(8)4-7(6,9-2)5(10)11/h3,9H,1,4H2,2H3,(H,10,11). The number of aliphatic carboxylic acids is 1. The van der Waals surface area contributed by atoms with Crippen LogP contribution in [0.25, 0.3) is 0 Å². The maximum atomic E-state index is 13.2. The summed E-state index contributed by atoms with van der Waals surface area (Å²) in [5.41, 5.74) is -3.19.